The standard InChI is InChI=1S/C20H20ClN3O3/c1-12-3-6-18-14(9-12)16-11-22(2)8-7-19(16)23(18)20(25)15-10-13(24(26)27)4-5-17(15)21/h3-6,9-10,16,19H,7-8,11H2,1-2H3/t16-,19+/m0/s1. The molecule has 7 heteroatoms. The molecule has 0 radical (unpaired) electrons. The van der Waals surface area contributed by atoms with E-state index >= 15 is 0 Å². The average molecular weight is 386 g/mol. The highest BCUT2D eigenvalue weighted by atomic mass is 35.5. The molecule has 2 atom stereocenters. The van der Waals surface area contributed by atoms with E-state index in [1.807, 2.05) is 19.1 Å². The molecule has 4 rings (SSSR count). The molecule has 0 aromatic heterocycles. The second-order valence-electron chi connectivity index (χ2n) is 7.38. The molecule has 0 aliphatic carbocycles. The van der Waals surface area contributed by atoms with Crippen LogP contribution in [0.25, 0.3) is 0 Å². The average Bonchev–Trinajstić information content (AvgIpc) is 2.94. The van der Waals surface area contributed by atoms with Gasteiger partial charge in [0.25, 0.3) is 11.6 Å². The molecule has 0 saturated carbocycles. The van der Waals surface area contributed by atoms with Crippen molar-refractivity contribution in [3.8, 4) is 0 Å². The molecule has 0 unspecified atom stereocenters. The lowest BCUT2D eigenvalue weighted by atomic mass is 9.88. The van der Waals surface area contributed by atoms with Crippen molar-refractivity contribution >= 4 is 28.9 Å². The van der Waals surface area contributed by atoms with E-state index in [0.717, 1.165) is 30.8 Å². The maximum atomic E-state index is 13.4. The van der Waals surface area contributed by atoms with Gasteiger partial charge in [-0.3, -0.25) is 14.9 Å². The molecule has 0 bridgehead atoms. The van der Waals surface area contributed by atoms with Crippen molar-refractivity contribution in [3.05, 3.63) is 68.2 Å². The second kappa shape index (κ2) is 6.62. The number of fused-ring (bicyclic) bond motifs is 3. The van der Waals surface area contributed by atoms with E-state index in [1.165, 1.54) is 23.8 Å². The number of carbonyl (C=O) groups is 1. The molecule has 1 amide bonds. The van der Waals surface area contributed by atoms with Crippen LogP contribution < -0.4 is 4.90 Å². The Morgan fingerprint density at radius 2 is 2.04 bits per heavy atom. The summed E-state index contributed by atoms with van der Waals surface area (Å²) in [5.74, 6) is -0.0362. The van der Waals surface area contributed by atoms with Gasteiger partial charge in [0.15, 0.2) is 0 Å². The minimum absolute atomic E-state index is 0.0424. The van der Waals surface area contributed by atoms with Gasteiger partial charge in [-0.2, -0.15) is 0 Å². The highest BCUT2D eigenvalue weighted by Gasteiger charge is 2.44. The van der Waals surface area contributed by atoms with Crippen LogP contribution in [-0.2, 0) is 0 Å². The third kappa shape index (κ3) is 2.99. The number of nitrogens with zero attached hydrogens (tertiary/aromatic N) is 3. The summed E-state index contributed by atoms with van der Waals surface area (Å²) in [6, 6.07) is 10.2. The number of piperidine rings is 1. The van der Waals surface area contributed by atoms with E-state index in [-0.39, 0.29) is 34.1 Å². The van der Waals surface area contributed by atoms with Crippen LogP contribution in [-0.4, -0.2) is 41.9 Å². The Labute approximate surface area is 162 Å². The zero-order valence-corrected chi connectivity index (χ0v) is 15.9. The first-order valence-electron chi connectivity index (χ1n) is 8.93. The van der Waals surface area contributed by atoms with Crippen molar-refractivity contribution in [2.45, 2.75) is 25.3 Å². The number of likely N-dealkylation sites (tertiary alicyclic amines) is 1. The first-order valence-corrected chi connectivity index (χ1v) is 9.31. The number of nitro benzene ring substituents is 1. The summed E-state index contributed by atoms with van der Waals surface area (Å²) in [7, 11) is 2.09. The molecule has 0 N–H and O–H groups in total. The summed E-state index contributed by atoms with van der Waals surface area (Å²) in [6.07, 6.45) is 0.854. The molecule has 1 fully saturated rings. The summed E-state index contributed by atoms with van der Waals surface area (Å²) in [5, 5.41) is 11.4. The lowest BCUT2D eigenvalue weighted by Gasteiger charge is -2.36. The van der Waals surface area contributed by atoms with Crippen LogP contribution >= 0.6 is 11.6 Å². The Kier molecular flexibility index (Phi) is 4.40. The summed E-state index contributed by atoms with van der Waals surface area (Å²) >= 11 is 6.25. The van der Waals surface area contributed by atoms with Gasteiger partial charge in [0, 0.05) is 36.3 Å². The van der Waals surface area contributed by atoms with Crippen molar-refractivity contribution in [1.82, 2.24) is 4.90 Å². The number of carbonyl (C=O) groups excluding carboxylic acids is 1. The van der Waals surface area contributed by atoms with Gasteiger partial charge in [-0.15, -0.1) is 0 Å². The van der Waals surface area contributed by atoms with Gasteiger partial charge in [-0.05, 0) is 44.6 Å². The molecule has 2 aliphatic rings. The molecular formula is C20H20ClN3O3. The van der Waals surface area contributed by atoms with Crippen molar-refractivity contribution in [1.29, 1.82) is 0 Å². The van der Waals surface area contributed by atoms with E-state index < -0.39 is 4.92 Å². The molecule has 2 aliphatic heterocycles. The fourth-order valence-electron chi connectivity index (χ4n) is 4.27. The number of amides is 1. The van der Waals surface area contributed by atoms with E-state index in [0.29, 0.717) is 0 Å². The monoisotopic (exact) mass is 385 g/mol. The quantitative estimate of drug-likeness (QED) is 0.578. The van der Waals surface area contributed by atoms with Gasteiger partial charge in [0.1, 0.15) is 0 Å². The molecular weight excluding hydrogens is 366 g/mol. The molecule has 2 aromatic rings. The Hall–Kier alpha value is -2.44. The first-order chi connectivity index (χ1) is 12.9. The van der Waals surface area contributed by atoms with Gasteiger partial charge < -0.3 is 9.80 Å². The van der Waals surface area contributed by atoms with Gasteiger partial charge in [-0.25, -0.2) is 0 Å². The van der Waals surface area contributed by atoms with Crippen LogP contribution in [0.1, 0.15) is 33.8 Å². The van der Waals surface area contributed by atoms with Crippen LogP contribution in [0.5, 0.6) is 0 Å². The van der Waals surface area contributed by atoms with Crippen LogP contribution in [0.15, 0.2) is 36.4 Å². The highest BCUT2D eigenvalue weighted by molar-refractivity contribution is 6.34. The second-order valence-corrected chi connectivity index (χ2v) is 7.79. The molecule has 0 spiro atoms. The molecule has 140 valence electrons. The summed E-state index contributed by atoms with van der Waals surface area (Å²) < 4.78 is 0. The van der Waals surface area contributed by atoms with E-state index in [1.54, 1.807) is 4.90 Å². The molecule has 1 saturated heterocycles. The number of anilines is 1. The van der Waals surface area contributed by atoms with Crippen molar-refractivity contribution in [2.75, 3.05) is 25.0 Å². The number of hydrogen-bond acceptors (Lipinski definition) is 4. The Morgan fingerprint density at radius 3 is 2.78 bits per heavy atom. The zero-order chi connectivity index (χ0) is 19.3. The number of likely N-dealkylation sites (N-methyl/N-ethyl adjacent to an activating group) is 1. The largest absolute Gasteiger partial charge is 0.306 e. The Bertz CT molecular complexity index is 946. The maximum Gasteiger partial charge on any atom is 0.270 e. The number of hydrogen-bond donors (Lipinski definition) is 0. The Morgan fingerprint density at radius 1 is 1.26 bits per heavy atom. The topological polar surface area (TPSA) is 66.7 Å². The van der Waals surface area contributed by atoms with Crippen molar-refractivity contribution in [3.63, 3.8) is 0 Å². The van der Waals surface area contributed by atoms with Crippen LogP contribution in [0, 0.1) is 17.0 Å². The first kappa shape index (κ1) is 17.9. The van der Waals surface area contributed by atoms with Crippen molar-refractivity contribution < 1.29 is 9.72 Å². The predicted molar refractivity (Wildman–Crippen MR) is 105 cm³/mol. The lowest BCUT2D eigenvalue weighted by Crippen LogP contribution is -2.47. The minimum atomic E-state index is -0.507. The van der Waals surface area contributed by atoms with E-state index in [4.69, 9.17) is 11.6 Å². The van der Waals surface area contributed by atoms with Crippen molar-refractivity contribution in [2.24, 2.45) is 0 Å². The number of nitro groups is 1. The van der Waals surface area contributed by atoms with Gasteiger partial charge in [0.05, 0.1) is 15.5 Å². The van der Waals surface area contributed by atoms with Crippen LogP contribution in [0.2, 0.25) is 5.02 Å². The molecule has 6 nitrogen and oxygen atoms in total. The number of non-ortho nitro benzene ring substituents is 1. The third-order valence-electron chi connectivity index (χ3n) is 5.56. The van der Waals surface area contributed by atoms with Crippen LogP contribution in [0.4, 0.5) is 11.4 Å². The third-order valence-corrected chi connectivity index (χ3v) is 5.89. The fourth-order valence-corrected chi connectivity index (χ4v) is 4.47. The number of rotatable bonds is 2. The lowest BCUT2D eigenvalue weighted by molar-refractivity contribution is -0.384. The number of benzene rings is 2. The zero-order valence-electron chi connectivity index (χ0n) is 15.2. The Balaban J connectivity index is 1.80. The maximum absolute atomic E-state index is 13.4. The minimum Gasteiger partial charge on any atom is -0.306 e. The summed E-state index contributed by atoms with van der Waals surface area (Å²) in [4.78, 5) is 28.1. The molecule has 2 aromatic carbocycles. The fraction of sp³-hybridized carbons (Fsp3) is 0.350. The smallest absolute Gasteiger partial charge is 0.270 e. The molecule has 27 heavy (non-hydrogen) atoms. The van der Waals surface area contributed by atoms with E-state index in [2.05, 4.69) is 18.0 Å². The summed E-state index contributed by atoms with van der Waals surface area (Å²) in [5.41, 5.74) is 3.26. The number of aryl methyl sites for hydroxylation is 1. The predicted octanol–water partition coefficient (Wildman–Crippen LogP) is 4.00. The SMILES string of the molecule is Cc1ccc2c(c1)[C@@H]1CN(C)CC[C@H]1N2C(=O)c1cc([N+](=O)[O-])ccc1Cl. The van der Waals surface area contributed by atoms with Crippen LogP contribution in [0.3, 0.4) is 0 Å². The van der Waals surface area contributed by atoms with Gasteiger partial charge >= 0.3 is 0 Å². The normalized spacial score (nSPS) is 21.7. The number of halogens is 1. The van der Waals surface area contributed by atoms with Gasteiger partial charge in [-0.1, -0.05) is 29.3 Å². The van der Waals surface area contributed by atoms with Gasteiger partial charge in [0.2, 0.25) is 0 Å². The molecule has 2 heterocycles. The highest BCUT2D eigenvalue weighted by Crippen LogP contribution is 2.46. The summed E-state index contributed by atoms with van der Waals surface area (Å²) in [6.45, 7) is 3.83. The van der Waals surface area contributed by atoms with E-state index in [9.17, 15) is 14.9 Å².